The second-order valence-corrected chi connectivity index (χ2v) is 11.0. The van der Waals surface area contributed by atoms with Gasteiger partial charge in [-0.25, -0.2) is 13.7 Å². The van der Waals surface area contributed by atoms with E-state index in [-0.39, 0.29) is 6.42 Å². The van der Waals surface area contributed by atoms with Crippen LogP contribution in [0.1, 0.15) is 18.2 Å². The molecule has 1 saturated heterocycles. The Morgan fingerprint density at radius 1 is 1.10 bits per heavy atom. The highest BCUT2D eigenvalue weighted by atomic mass is 31.3. The van der Waals surface area contributed by atoms with Crippen LogP contribution in [0.5, 0.6) is 0 Å². The maximum absolute atomic E-state index is 11.8. The summed E-state index contributed by atoms with van der Waals surface area (Å²) in [5.74, 6) is 0. The van der Waals surface area contributed by atoms with E-state index in [0.29, 0.717) is 0 Å². The number of phosphoric acid groups is 3. The minimum absolute atomic E-state index is 0.141. The molecule has 0 amide bonds. The molecular weight excluding hydrogens is 467 g/mol. The van der Waals surface area contributed by atoms with Crippen molar-refractivity contribution in [3.63, 3.8) is 0 Å². The minimum Gasteiger partial charge on any atom is -0.390 e. The molecule has 2 unspecified atom stereocenters. The zero-order valence-electron chi connectivity index (χ0n) is 15.4. The lowest BCUT2D eigenvalue weighted by molar-refractivity contribution is -0.0420. The molecule has 30 heavy (non-hydrogen) atoms. The maximum atomic E-state index is 11.8. The summed E-state index contributed by atoms with van der Waals surface area (Å²) < 4.78 is 53.0. The quantitative estimate of drug-likeness (QED) is 0.340. The summed E-state index contributed by atoms with van der Waals surface area (Å²) in [7, 11) is -16.4. The first-order valence-corrected chi connectivity index (χ1v) is 13.0. The van der Waals surface area contributed by atoms with Crippen molar-refractivity contribution in [2.24, 2.45) is 0 Å². The van der Waals surface area contributed by atoms with Crippen molar-refractivity contribution >= 4 is 34.4 Å². The molecule has 1 aliphatic heterocycles. The van der Waals surface area contributed by atoms with E-state index in [0.717, 1.165) is 16.5 Å². The first-order valence-electron chi connectivity index (χ1n) is 8.44. The molecule has 0 bridgehead atoms. The lowest BCUT2D eigenvalue weighted by atomic mass is 10.2. The highest BCUT2D eigenvalue weighted by Gasteiger charge is 2.42. The van der Waals surface area contributed by atoms with Crippen molar-refractivity contribution < 1.29 is 56.3 Å². The third-order valence-corrected chi connectivity index (χ3v) is 8.01. The van der Waals surface area contributed by atoms with Crippen molar-refractivity contribution in [3.05, 3.63) is 36.0 Å². The normalized spacial score (nSPS) is 26.5. The Hall–Kier alpha value is -0.910. The van der Waals surface area contributed by atoms with Gasteiger partial charge in [0, 0.05) is 12.6 Å². The Morgan fingerprint density at radius 2 is 1.80 bits per heavy atom. The fourth-order valence-corrected chi connectivity index (χ4v) is 6.07. The van der Waals surface area contributed by atoms with E-state index >= 15 is 0 Å². The molecule has 2 heterocycles. The fourth-order valence-electron chi connectivity index (χ4n) is 3.04. The van der Waals surface area contributed by atoms with Crippen molar-refractivity contribution in [1.82, 2.24) is 4.57 Å². The van der Waals surface area contributed by atoms with Crippen LogP contribution in [0.2, 0.25) is 0 Å². The van der Waals surface area contributed by atoms with Gasteiger partial charge in [-0.05, 0) is 30.5 Å². The molecule has 168 valence electrons. The highest BCUT2D eigenvalue weighted by Crippen LogP contribution is 2.66. The average Bonchev–Trinajstić information content (AvgIpc) is 3.12. The Bertz CT molecular complexity index is 1060. The number of nitrogens with zero attached hydrogens (tertiary/aromatic N) is 1. The molecule has 0 spiro atoms. The van der Waals surface area contributed by atoms with Gasteiger partial charge in [-0.2, -0.15) is 8.62 Å². The van der Waals surface area contributed by atoms with Crippen LogP contribution in [0, 0.1) is 6.92 Å². The molecule has 0 saturated carbocycles. The van der Waals surface area contributed by atoms with E-state index in [1.54, 1.807) is 10.8 Å². The van der Waals surface area contributed by atoms with Crippen LogP contribution in [0.3, 0.4) is 0 Å². The second-order valence-electron chi connectivity index (χ2n) is 6.60. The predicted molar refractivity (Wildman–Crippen MR) is 101 cm³/mol. The molecule has 1 aliphatic rings. The number of hydrogen-bond donors (Lipinski definition) is 5. The van der Waals surface area contributed by atoms with Gasteiger partial charge in [0.05, 0.1) is 18.2 Å². The number of phosphoric ester groups is 1. The Morgan fingerprint density at radius 3 is 2.47 bits per heavy atom. The van der Waals surface area contributed by atoms with E-state index < -0.39 is 48.5 Å². The monoisotopic (exact) mass is 487 g/mol. The Labute approximate surface area is 170 Å². The zero-order chi connectivity index (χ0) is 22.3. The largest absolute Gasteiger partial charge is 0.490 e. The van der Waals surface area contributed by atoms with Crippen LogP contribution < -0.4 is 0 Å². The van der Waals surface area contributed by atoms with Crippen molar-refractivity contribution in [2.45, 2.75) is 31.8 Å². The third kappa shape index (κ3) is 6.08. The first kappa shape index (κ1) is 23.7. The predicted octanol–water partition coefficient (Wildman–Crippen LogP) is 1.94. The van der Waals surface area contributed by atoms with Gasteiger partial charge in [-0.15, -0.1) is 0 Å². The molecule has 0 radical (unpaired) electrons. The number of hydrogen-bond acceptors (Lipinski definition) is 8. The summed E-state index contributed by atoms with van der Waals surface area (Å²) in [4.78, 5) is 35.7. The van der Waals surface area contributed by atoms with E-state index in [1.807, 2.05) is 31.2 Å². The fraction of sp³-hybridized carbons (Fsp3) is 0.429. The second kappa shape index (κ2) is 8.55. The summed E-state index contributed by atoms with van der Waals surface area (Å²) in [5.41, 5.74) is 1.92. The van der Waals surface area contributed by atoms with E-state index in [4.69, 9.17) is 19.4 Å². The molecular formula is C14H20NO12P3. The number of aromatic nitrogens is 1. The first-order chi connectivity index (χ1) is 13.7. The van der Waals surface area contributed by atoms with Crippen LogP contribution in [-0.2, 0) is 31.6 Å². The SMILES string of the molecule is Cc1ccc2c(ccn2[C@H]2C[C@H](O)[C@@H](COP(=O)(O)OP(=O)(O)OP(=O)(O)O)O2)c1. The molecule has 1 aromatic heterocycles. The molecule has 1 aromatic carbocycles. The number of benzene rings is 1. The summed E-state index contributed by atoms with van der Waals surface area (Å²) >= 11 is 0. The molecule has 5 atom stereocenters. The lowest BCUT2D eigenvalue weighted by Gasteiger charge is -2.19. The molecule has 3 rings (SSSR count). The van der Waals surface area contributed by atoms with Gasteiger partial charge in [0.25, 0.3) is 0 Å². The zero-order valence-corrected chi connectivity index (χ0v) is 18.1. The summed E-state index contributed by atoms with van der Waals surface area (Å²) in [5, 5.41) is 11.2. The number of aliphatic hydroxyl groups is 1. The number of aliphatic hydroxyl groups excluding tert-OH is 1. The smallest absolute Gasteiger partial charge is 0.390 e. The van der Waals surface area contributed by atoms with Gasteiger partial charge in [-0.1, -0.05) is 11.6 Å². The van der Waals surface area contributed by atoms with Gasteiger partial charge < -0.3 is 34.0 Å². The van der Waals surface area contributed by atoms with Crippen LogP contribution in [0.15, 0.2) is 30.5 Å². The molecule has 16 heteroatoms. The Balaban J connectivity index is 1.63. The molecule has 13 nitrogen and oxygen atoms in total. The van der Waals surface area contributed by atoms with Crippen LogP contribution in [0.25, 0.3) is 10.9 Å². The van der Waals surface area contributed by atoms with Gasteiger partial charge in [-0.3, -0.25) is 4.52 Å². The molecule has 1 fully saturated rings. The van der Waals surface area contributed by atoms with Crippen LogP contribution in [0.4, 0.5) is 0 Å². The molecule has 0 aliphatic carbocycles. The van der Waals surface area contributed by atoms with Gasteiger partial charge in [0.1, 0.15) is 12.3 Å². The maximum Gasteiger partial charge on any atom is 0.490 e. The number of aryl methyl sites for hydroxylation is 1. The standard InChI is InChI=1S/C14H20NO12P3/c1-9-2-3-11-10(6-9)4-5-15(11)14-7-12(16)13(25-14)8-24-29(20,21)27-30(22,23)26-28(17,18)19/h2-6,12-14,16H,7-8H2,1H3,(H,20,21)(H,22,23)(H2,17,18,19)/t12-,13+,14+/m0/s1. The topological polar surface area (TPSA) is 194 Å². The molecule has 5 N–H and O–H groups in total. The third-order valence-electron chi connectivity index (χ3n) is 4.21. The van der Waals surface area contributed by atoms with Gasteiger partial charge >= 0.3 is 23.5 Å². The minimum atomic E-state index is -5.60. The Kier molecular flexibility index (Phi) is 6.77. The summed E-state index contributed by atoms with van der Waals surface area (Å²) in [6, 6.07) is 7.65. The van der Waals surface area contributed by atoms with Gasteiger partial charge in [0.15, 0.2) is 0 Å². The average molecular weight is 487 g/mol. The number of fused-ring (bicyclic) bond motifs is 1. The van der Waals surface area contributed by atoms with E-state index in [2.05, 4.69) is 13.1 Å². The van der Waals surface area contributed by atoms with Crippen molar-refractivity contribution in [1.29, 1.82) is 0 Å². The van der Waals surface area contributed by atoms with Crippen LogP contribution in [-0.4, -0.2) is 48.1 Å². The van der Waals surface area contributed by atoms with Crippen molar-refractivity contribution in [2.75, 3.05) is 6.61 Å². The molecule has 2 aromatic rings. The lowest BCUT2D eigenvalue weighted by Crippen LogP contribution is -2.26. The summed E-state index contributed by atoms with van der Waals surface area (Å²) in [6.07, 6.45) is -0.864. The number of rotatable bonds is 8. The van der Waals surface area contributed by atoms with E-state index in [1.165, 1.54) is 0 Å². The van der Waals surface area contributed by atoms with E-state index in [9.17, 15) is 23.7 Å². The van der Waals surface area contributed by atoms with Gasteiger partial charge in [0.2, 0.25) is 0 Å². The number of ether oxygens (including phenoxy) is 1. The van der Waals surface area contributed by atoms with Crippen molar-refractivity contribution in [3.8, 4) is 0 Å². The summed E-state index contributed by atoms with van der Waals surface area (Å²) in [6.45, 7) is 1.24. The van der Waals surface area contributed by atoms with Crippen LogP contribution >= 0.6 is 23.5 Å². The highest BCUT2D eigenvalue weighted by molar-refractivity contribution is 7.66.